The summed E-state index contributed by atoms with van der Waals surface area (Å²) in [5.74, 6) is -1.80. The third kappa shape index (κ3) is 4.81. The van der Waals surface area contributed by atoms with E-state index >= 15 is 0 Å². The minimum absolute atomic E-state index is 0.0219. The predicted molar refractivity (Wildman–Crippen MR) is 113 cm³/mol. The maximum atomic E-state index is 13.3. The number of alkyl carbamates (subject to hydrolysis) is 1. The van der Waals surface area contributed by atoms with Crippen LogP contribution in [0.3, 0.4) is 0 Å². The number of aliphatic hydroxyl groups excluding tert-OH is 3. The lowest BCUT2D eigenvalue weighted by molar-refractivity contribution is -0.278. The number of hydrogen-bond donors (Lipinski definition) is 5. The van der Waals surface area contributed by atoms with Crippen molar-refractivity contribution in [2.45, 2.75) is 56.4 Å². The number of aliphatic carboxylic acids is 1. The lowest BCUT2D eigenvalue weighted by atomic mass is 9.91. The van der Waals surface area contributed by atoms with Crippen molar-refractivity contribution >= 4 is 18.0 Å². The van der Waals surface area contributed by atoms with Crippen LogP contribution in [0.25, 0.3) is 0 Å². The Morgan fingerprint density at radius 2 is 1.73 bits per heavy atom. The van der Waals surface area contributed by atoms with Crippen LogP contribution in [0.1, 0.15) is 25.8 Å². The minimum atomic E-state index is -1.88. The van der Waals surface area contributed by atoms with Gasteiger partial charge in [-0.2, -0.15) is 0 Å². The lowest BCUT2D eigenvalue weighted by Gasteiger charge is -2.37. The Labute approximate surface area is 190 Å². The molecular formula is C22H30N2O9. The SMILES string of the molecule is CCN(CC)C(=O)[C@@]1(c2ccccc2)C[C@H]1CNC(=O)O[C@@H]1O[C@H](C(=O)O)[C@@H](O)[C@H](O)[C@H]1O. The molecule has 2 aliphatic rings. The first-order chi connectivity index (χ1) is 15.7. The predicted octanol–water partition coefficient (Wildman–Crippen LogP) is -0.569. The summed E-state index contributed by atoms with van der Waals surface area (Å²) < 4.78 is 9.89. The van der Waals surface area contributed by atoms with Crippen LogP contribution < -0.4 is 5.32 Å². The molecule has 1 aromatic carbocycles. The Morgan fingerprint density at radius 1 is 1.09 bits per heavy atom. The molecule has 11 nitrogen and oxygen atoms in total. The lowest BCUT2D eigenvalue weighted by Crippen LogP contribution is -2.61. The van der Waals surface area contributed by atoms with E-state index in [1.165, 1.54) is 0 Å². The number of carboxylic acid groups (broad SMARTS) is 1. The summed E-state index contributed by atoms with van der Waals surface area (Å²) in [4.78, 5) is 38.5. The highest BCUT2D eigenvalue weighted by Crippen LogP contribution is 2.55. The molecule has 0 aromatic heterocycles. The molecule has 1 aromatic rings. The van der Waals surface area contributed by atoms with Crippen molar-refractivity contribution in [1.82, 2.24) is 10.2 Å². The molecule has 5 N–H and O–H groups in total. The first kappa shape index (κ1) is 24.9. The van der Waals surface area contributed by atoms with Gasteiger partial charge in [0.05, 0.1) is 5.41 Å². The average Bonchev–Trinajstić information content (AvgIpc) is 3.54. The van der Waals surface area contributed by atoms with Crippen LogP contribution in [0.15, 0.2) is 30.3 Å². The molecular weight excluding hydrogens is 436 g/mol. The maximum absolute atomic E-state index is 13.3. The van der Waals surface area contributed by atoms with Gasteiger partial charge in [-0.15, -0.1) is 0 Å². The molecule has 2 fully saturated rings. The van der Waals surface area contributed by atoms with E-state index in [4.69, 9.17) is 14.6 Å². The number of aliphatic hydroxyl groups is 3. The van der Waals surface area contributed by atoms with E-state index in [2.05, 4.69) is 5.32 Å². The second-order valence-electron chi connectivity index (χ2n) is 8.24. The number of likely N-dealkylation sites (N-methyl/N-ethyl adjacent to an activating group) is 1. The summed E-state index contributed by atoms with van der Waals surface area (Å²) in [6, 6.07) is 9.32. The Bertz CT molecular complexity index is 863. The number of ether oxygens (including phenoxy) is 2. The molecule has 1 aliphatic heterocycles. The van der Waals surface area contributed by atoms with Gasteiger partial charge in [-0.3, -0.25) is 4.79 Å². The summed E-state index contributed by atoms with van der Waals surface area (Å²) in [7, 11) is 0. The van der Waals surface area contributed by atoms with Crippen LogP contribution in [0.2, 0.25) is 0 Å². The zero-order valence-electron chi connectivity index (χ0n) is 18.5. The Morgan fingerprint density at radius 3 is 2.30 bits per heavy atom. The largest absolute Gasteiger partial charge is 0.479 e. The van der Waals surface area contributed by atoms with Crippen molar-refractivity contribution < 1.29 is 44.3 Å². The smallest absolute Gasteiger partial charge is 0.409 e. The summed E-state index contributed by atoms with van der Waals surface area (Å²) in [6.45, 7) is 5.01. The summed E-state index contributed by atoms with van der Waals surface area (Å²) in [5.41, 5.74) is 0.0883. The normalized spacial score (nSPS) is 33.1. The van der Waals surface area contributed by atoms with E-state index in [0.29, 0.717) is 19.5 Å². The van der Waals surface area contributed by atoms with Crippen molar-refractivity contribution in [1.29, 1.82) is 0 Å². The number of carbonyl (C=O) groups is 3. The van der Waals surface area contributed by atoms with Crippen molar-refractivity contribution in [2.75, 3.05) is 19.6 Å². The number of nitrogens with one attached hydrogen (secondary N) is 1. The third-order valence-electron chi connectivity index (χ3n) is 6.36. The number of carboxylic acids is 1. The zero-order chi connectivity index (χ0) is 24.3. The van der Waals surface area contributed by atoms with Crippen molar-refractivity contribution in [3.05, 3.63) is 35.9 Å². The van der Waals surface area contributed by atoms with Crippen LogP contribution in [0.4, 0.5) is 4.79 Å². The Balaban J connectivity index is 1.65. The van der Waals surface area contributed by atoms with Gasteiger partial charge in [0.25, 0.3) is 0 Å². The molecule has 0 bridgehead atoms. The fraction of sp³-hybridized carbons (Fsp3) is 0.591. The average molecular weight is 466 g/mol. The van der Waals surface area contributed by atoms with Crippen molar-refractivity contribution in [2.24, 2.45) is 5.92 Å². The Hall–Kier alpha value is -2.73. The van der Waals surface area contributed by atoms with Crippen LogP contribution in [0.5, 0.6) is 0 Å². The van der Waals surface area contributed by atoms with Gasteiger partial charge in [0.1, 0.15) is 18.3 Å². The monoisotopic (exact) mass is 466 g/mol. The third-order valence-corrected chi connectivity index (χ3v) is 6.36. The molecule has 1 heterocycles. The molecule has 1 saturated heterocycles. The zero-order valence-corrected chi connectivity index (χ0v) is 18.5. The minimum Gasteiger partial charge on any atom is -0.479 e. The molecule has 0 radical (unpaired) electrons. The number of rotatable bonds is 8. The Kier molecular flexibility index (Phi) is 7.58. The van der Waals surface area contributed by atoms with E-state index in [1.807, 2.05) is 44.2 Å². The highest BCUT2D eigenvalue weighted by atomic mass is 16.7. The van der Waals surface area contributed by atoms with Gasteiger partial charge in [-0.1, -0.05) is 30.3 Å². The van der Waals surface area contributed by atoms with Crippen LogP contribution in [0, 0.1) is 5.92 Å². The summed E-state index contributed by atoms with van der Waals surface area (Å²) in [5, 5.41) is 41.1. The second-order valence-corrected chi connectivity index (χ2v) is 8.24. The van der Waals surface area contributed by atoms with E-state index in [1.54, 1.807) is 4.90 Å². The fourth-order valence-corrected chi connectivity index (χ4v) is 4.35. The first-order valence-corrected chi connectivity index (χ1v) is 10.9. The molecule has 3 rings (SSSR count). The van der Waals surface area contributed by atoms with Gasteiger partial charge in [-0.05, 0) is 31.7 Å². The molecule has 7 atom stereocenters. The standard InChI is InChI=1S/C22H30N2O9/c1-3-24(4-2)20(30)22(12-8-6-5-7-9-12)10-13(22)11-23-21(31)33-19-16(27)14(25)15(26)17(32-19)18(28)29/h5-9,13-17,19,25-27H,3-4,10-11H2,1-2H3,(H,23,31)(H,28,29)/t13-,14-,15-,16+,17-,19-,22+/m0/s1. The molecule has 33 heavy (non-hydrogen) atoms. The summed E-state index contributed by atoms with van der Waals surface area (Å²) in [6.07, 6.45) is -9.75. The molecule has 1 aliphatic carbocycles. The molecule has 182 valence electrons. The fourth-order valence-electron chi connectivity index (χ4n) is 4.35. The van der Waals surface area contributed by atoms with Gasteiger partial charge in [-0.25, -0.2) is 9.59 Å². The van der Waals surface area contributed by atoms with Crippen LogP contribution >= 0.6 is 0 Å². The van der Waals surface area contributed by atoms with Gasteiger partial charge >= 0.3 is 12.1 Å². The second kappa shape index (κ2) is 10.0. The quantitative estimate of drug-likeness (QED) is 0.337. The van der Waals surface area contributed by atoms with E-state index in [0.717, 1.165) is 5.56 Å². The number of carbonyl (C=O) groups excluding carboxylic acids is 2. The van der Waals surface area contributed by atoms with Gasteiger partial charge < -0.3 is 40.1 Å². The molecule has 0 spiro atoms. The topological polar surface area (TPSA) is 166 Å². The van der Waals surface area contributed by atoms with Gasteiger partial charge in [0.2, 0.25) is 12.2 Å². The van der Waals surface area contributed by atoms with E-state index < -0.39 is 48.2 Å². The number of benzene rings is 1. The van der Waals surface area contributed by atoms with E-state index in [9.17, 15) is 29.7 Å². The highest BCUT2D eigenvalue weighted by molar-refractivity contribution is 5.92. The summed E-state index contributed by atoms with van der Waals surface area (Å²) >= 11 is 0. The molecule has 11 heteroatoms. The van der Waals surface area contributed by atoms with Crippen LogP contribution in [-0.2, 0) is 24.5 Å². The molecule has 0 unspecified atom stereocenters. The number of amides is 2. The molecule has 2 amide bonds. The highest BCUT2D eigenvalue weighted by Gasteiger charge is 2.61. The number of hydrogen-bond acceptors (Lipinski definition) is 8. The number of nitrogens with zero attached hydrogens (tertiary/aromatic N) is 1. The van der Waals surface area contributed by atoms with Crippen LogP contribution in [-0.4, -0.2) is 93.6 Å². The van der Waals surface area contributed by atoms with Gasteiger partial charge in [0.15, 0.2) is 6.10 Å². The van der Waals surface area contributed by atoms with Gasteiger partial charge in [0, 0.05) is 19.6 Å². The maximum Gasteiger partial charge on any atom is 0.409 e. The van der Waals surface area contributed by atoms with Crippen molar-refractivity contribution in [3.63, 3.8) is 0 Å². The first-order valence-electron chi connectivity index (χ1n) is 10.9. The van der Waals surface area contributed by atoms with E-state index in [-0.39, 0.29) is 18.4 Å². The van der Waals surface area contributed by atoms with Crippen molar-refractivity contribution in [3.8, 4) is 0 Å². The molecule has 1 saturated carbocycles.